The molecule has 6 rings (SSSR count). The number of fused-ring (bicyclic) bond motifs is 1. The lowest BCUT2D eigenvalue weighted by Crippen LogP contribution is -2.48. The summed E-state index contributed by atoms with van der Waals surface area (Å²) in [5.41, 5.74) is 1.81. The Kier molecular flexibility index (Phi) is 7.28. The third-order valence-electron chi connectivity index (χ3n) is 7.81. The Morgan fingerprint density at radius 1 is 1.23 bits per heavy atom. The lowest BCUT2D eigenvalue weighted by Gasteiger charge is -2.38. The monoisotopic (exact) mass is 546 g/mol. The van der Waals surface area contributed by atoms with Crippen LogP contribution in [0, 0.1) is 23.1 Å². The van der Waals surface area contributed by atoms with Gasteiger partial charge in [0.1, 0.15) is 24.1 Å². The molecule has 2 aromatic rings. The number of ether oxygens (including phenoxy) is 2. The molecule has 0 aliphatic carbocycles. The van der Waals surface area contributed by atoms with Gasteiger partial charge in [0.2, 0.25) is 5.88 Å². The number of carbonyl (C=O) groups is 1. The molecule has 0 spiro atoms. The number of nitrogens with zero attached hydrogens (tertiary/aromatic N) is 6. The van der Waals surface area contributed by atoms with Crippen molar-refractivity contribution in [3.05, 3.63) is 77.1 Å². The minimum atomic E-state index is -0.794. The summed E-state index contributed by atoms with van der Waals surface area (Å²) in [5.74, 6) is 0.433. The van der Waals surface area contributed by atoms with Gasteiger partial charge < -0.3 is 29.3 Å². The summed E-state index contributed by atoms with van der Waals surface area (Å²) in [6.07, 6.45) is 5.16. The maximum absolute atomic E-state index is 14.2. The van der Waals surface area contributed by atoms with E-state index in [9.17, 15) is 14.3 Å². The summed E-state index contributed by atoms with van der Waals surface area (Å²) < 4.78 is 25.7. The fourth-order valence-corrected chi connectivity index (χ4v) is 5.42. The number of aromatic nitrogens is 1. The van der Waals surface area contributed by atoms with Crippen LogP contribution in [0.4, 0.5) is 10.2 Å². The zero-order valence-electron chi connectivity index (χ0n) is 22.1. The number of pyridine rings is 1. The van der Waals surface area contributed by atoms with Crippen molar-refractivity contribution in [1.29, 1.82) is 5.26 Å². The highest BCUT2D eigenvalue weighted by atomic mass is 19.1. The summed E-state index contributed by atoms with van der Waals surface area (Å²) in [7, 11) is 0. The number of carboxylic acids is 1. The Morgan fingerprint density at radius 2 is 2.05 bits per heavy atom. The highest BCUT2D eigenvalue weighted by Gasteiger charge is 2.38. The van der Waals surface area contributed by atoms with Gasteiger partial charge >= 0.3 is 5.97 Å². The summed E-state index contributed by atoms with van der Waals surface area (Å²) in [4.78, 5) is 25.1. The molecule has 10 nitrogen and oxygen atoms in total. The average Bonchev–Trinajstić information content (AvgIpc) is 3.49. The van der Waals surface area contributed by atoms with Gasteiger partial charge in [0.25, 0.3) is 0 Å². The van der Waals surface area contributed by atoms with E-state index in [1.54, 1.807) is 18.2 Å². The molecule has 40 heavy (non-hydrogen) atoms. The number of anilines is 1. The summed E-state index contributed by atoms with van der Waals surface area (Å²) in [6, 6.07) is 11.8. The van der Waals surface area contributed by atoms with E-state index in [-0.39, 0.29) is 18.3 Å². The van der Waals surface area contributed by atoms with Gasteiger partial charge in [0, 0.05) is 69.4 Å². The Labute approximate surface area is 232 Å². The molecule has 2 atom stereocenters. The lowest BCUT2D eigenvalue weighted by molar-refractivity contribution is -0.139. The van der Waals surface area contributed by atoms with Gasteiger partial charge in [-0.25, -0.2) is 4.39 Å². The molecule has 1 N–H and O–H groups in total. The van der Waals surface area contributed by atoms with Crippen LogP contribution >= 0.6 is 0 Å². The van der Waals surface area contributed by atoms with Crippen LogP contribution in [0.3, 0.4) is 0 Å². The number of piperazine rings is 1. The smallest absolute Gasteiger partial charge is 0.312 e. The SMILES string of the molecule is N#Cc1ccc(COc2cccc(N3CCN(CC4=CN5CC(C(=O)O)C=C5N4CC4CCO4)CC3)n2)c(F)c1. The summed E-state index contributed by atoms with van der Waals surface area (Å²) in [5, 5.41) is 18.4. The van der Waals surface area contributed by atoms with Gasteiger partial charge in [-0.05, 0) is 30.7 Å². The Bertz CT molecular complexity index is 1380. The first kappa shape index (κ1) is 26.1. The van der Waals surface area contributed by atoms with Gasteiger partial charge in [-0.1, -0.05) is 12.1 Å². The van der Waals surface area contributed by atoms with Crippen molar-refractivity contribution >= 4 is 11.8 Å². The number of rotatable bonds is 9. The molecule has 2 fully saturated rings. The fraction of sp³-hybridized carbons (Fsp3) is 0.414. The van der Waals surface area contributed by atoms with Crippen LogP contribution in [0.25, 0.3) is 0 Å². The van der Waals surface area contributed by atoms with Crippen molar-refractivity contribution in [3.8, 4) is 11.9 Å². The first-order chi connectivity index (χ1) is 19.5. The molecule has 1 aromatic heterocycles. The average molecular weight is 547 g/mol. The van der Waals surface area contributed by atoms with E-state index in [2.05, 4.69) is 30.8 Å². The maximum Gasteiger partial charge on any atom is 0.312 e. The zero-order valence-corrected chi connectivity index (χ0v) is 22.1. The van der Waals surface area contributed by atoms with E-state index in [0.29, 0.717) is 18.0 Å². The third-order valence-corrected chi connectivity index (χ3v) is 7.81. The standard InChI is InChI=1S/C29H31FN6O4/c30-25-12-20(14-31)4-5-21(25)19-40-27-3-1-2-26(32-27)34-9-7-33(8-10-34)16-23-17-35-15-22(29(37)38)13-28(35)36(23)18-24-6-11-39-24/h1-5,12-13,17,22,24H,6-11,15-16,18-19H2,(H,37,38). The van der Waals surface area contributed by atoms with Gasteiger partial charge in [-0.3, -0.25) is 9.69 Å². The molecule has 208 valence electrons. The van der Waals surface area contributed by atoms with Gasteiger partial charge in [-0.2, -0.15) is 10.2 Å². The predicted octanol–water partition coefficient (Wildman–Crippen LogP) is 2.60. The van der Waals surface area contributed by atoms with Crippen molar-refractivity contribution in [2.24, 2.45) is 5.92 Å². The van der Waals surface area contributed by atoms with Gasteiger partial charge in [0.15, 0.2) is 0 Å². The topological polar surface area (TPSA) is 105 Å². The molecular formula is C29H31FN6O4. The normalized spacial score (nSPS) is 22.4. The molecule has 2 unspecified atom stereocenters. The predicted molar refractivity (Wildman–Crippen MR) is 143 cm³/mol. The highest BCUT2D eigenvalue weighted by Crippen LogP contribution is 2.35. The minimum absolute atomic E-state index is 0.0277. The molecule has 4 aliphatic rings. The van der Waals surface area contributed by atoms with Crippen LogP contribution in [0.5, 0.6) is 5.88 Å². The molecule has 0 radical (unpaired) electrons. The van der Waals surface area contributed by atoms with Crippen LogP contribution in [-0.4, -0.2) is 89.3 Å². The number of halogens is 1. The molecule has 2 saturated heterocycles. The van der Waals surface area contributed by atoms with Crippen LogP contribution in [0.2, 0.25) is 0 Å². The lowest BCUT2D eigenvalue weighted by atomic mass is 10.1. The van der Waals surface area contributed by atoms with Crippen LogP contribution in [0.1, 0.15) is 17.5 Å². The van der Waals surface area contributed by atoms with Crippen molar-refractivity contribution in [1.82, 2.24) is 19.7 Å². The van der Waals surface area contributed by atoms with Crippen LogP contribution in [-0.2, 0) is 16.1 Å². The number of benzene rings is 1. The maximum atomic E-state index is 14.2. The van der Waals surface area contributed by atoms with Crippen molar-refractivity contribution in [2.45, 2.75) is 19.1 Å². The second-order valence-corrected chi connectivity index (χ2v) is 10.4. The van der Waals surface area contributed by atoms with E-state index in [1.165, 1.54) is 11.8 Å². The number of hydrogen-bond donors (Lipinski definition) is 1. The summed E-state index contributed by atoms with van der Waals surface area (Å²) in [6.45, 7) is 6.09. The summed E-state index contributed by atoms with van der Waals surface area (Å²) >= 11 is 0. The molecule has 0 saturated carbocycles. The quantitative estimate of drug-likeness (QED) is 0.505. The Balaban J connectivity index is 1.04. The second kappa shape index (κ2) is 11.2. The minimum Gasteiger partial charge on any atom is -0.481 e. The Morgan fingerprint density at radius 3 is 2.75 bits per heavy atom. The molecule has 0 amide bonds. The number of carboxylic acid groups (broad SMARTS) is 1. The van der Waals surface area contributed by atoms with E-state index < -0.39 is 17.7 Å². The highest BCUT2D eigenvalue weighted by molar-refractivity contribution is 5.73. The first-order valence-electron chi connectivity index (χ1n) is 13.5. The number of aliphatic carboxylic acids is 1. The van der Waals surface area contributed by atoms with E-state index in [4.69, 9.17) is 14.7 Å². The molecule has 1 aromatic carbocycles. The first-order valence-corrected chi connectivity index (χ1v) is 13.5. The van der Waals surface area contributed by atoms with Crippen molar-refractivity contribution in [2.75, 3.05) is 57.3 Å². The molecule has 0 bridgehead atoms. The largest absolute Gasteiger partial charge is 0.481 e. The van der Waals surface area contributed by atoms with Gasteiger partial charge in [-0.15, -0.1) is 0 Å². The number of hydrogen-bond acceptors (Lipinski definition) is 9. The van der Waals surface area contributed by atoms with E-state index >= 15 is 0 Å². The molecule has 4 aliphatic heterocycles. The van der Waals surface area contributed by atoms with Crippen molar-refractivity contribution < 1.29 is 23.8 Å². The molecule has 5 heterocycles. The van der Waals surface area contributed by atoms with Gasteiger partial charge in [0.05, 0.1) is 30.2 Å². The molecular weight excluding hydrogens is 515 g/mol. The van der Waals surface area contributed by atoms with Crippen molar-refractivity contribution in [3.63, 3.8) is 0 Å². The van der Waals surface area contributed by atoms with Crippen LogP contribution < -0.4 is 9.64 Å². The van der Waals surface area contributed by atoms with E-state index in [0.717, 1.165) is 63.9 Å². The van der Waals surface area contributed by atoms with Crippen LogP contribution in [0.15, 0.2) is 60.2 Å². The van der Waals surface area contributed by atoms with E-state index in [1.807, 2.05) is 24.3 Å². The fourth-order valence-electron chi connectivity index (χ4n) is 5.42. The molecule has 11 heteroatoms. The zero-order chi connectivity index (χ0) is 27.6. The third kappa shape index (κ3) is 5.46. The Hall–Kier alpha value is -4.14. The number of nitriles is 1. The second-order valence-electron chi connectivity index (χ2n) is 10.4.